The predicted octanol–water partition coefficient (Wildman–Crippen LogP) is 4.71. The zero-order chi connectivity index (χ0) is 14.3. The Balaban J connectivity index is 2.36. The second-order valence-corrected chi connectivity index (χ2v) is 5.10. The first-order valence-electron chi connectivity index (χ1n) is 6.26. The van der Waals surface area contributed by atoms with Crippen LogP contribution in [0.25, 0.3) is 22.3 Å². The van der Waals surface area contributed by atoms with Crippen molar-refractivity contribution in [1.82, 2.24) is 9.97 Å². The fraction of sp³-hybridized carbons (Fsp3) is 0.125. The van der Waals surface area contributed by atoms with Gasteiger partial charge in [0.05, 0.1) is 10.9 Å². The number of fused-ring (bicyclic) bond motifs is 1. The van der Waals surface area contributed by atoms with Crippen LogP contribution < -0.4 is 0 Å². The van der Waals surface area contributed by atoms with Crippen molar-refractivity contribution in [2.45, 2.75) is 13.8 Å². The van der Waals surface area contributed by atoms with Gasteiger partial charge in [-0.3, -0.25) is 0 Å². The molecule has 0 spiro atoms. The number of hydrogen-bond acceptors (Lipinski definition) is 2. The monoisotopic (exact) mass is 286 g/mol. The van der Waals surface area contributed by atoms with E-state index in [4.69, 9.17) is 11.6 Å². The van der Waals surface area contributed by atoms with E-state index in [1.807, 2.05) is 38.1 Å². The predicted molar refractivity (Wildman–Crippen MR) is 79.4 cm³/mol. The average molecular weight is 287 g/mol. The lowest BCUT2D eigenvalue weighted by molar-refractivity contribution is 0.639. The van der Waals surface area contributed by atoms with Crippen LogP contribution in [0.15, 0.2) is 36.4 Å². The Morgan fingerprint density at radius 3 is 2.45 bits per heavy atom. The quantitative estimate of drug-likeness (QED) is 0.606. The van der Waals surface area contributed by atoms with Crippen LogP contribution >= 0.6 is 11.6 Å². The third-order valence-corrected chi connectivity index (χ3v) is 3.62. The lowest BCUT2D eigenvalue weighted by Gasteiger charge is -2.09. The van der Waals surface area contributed by atoms with Crippen molar-refractivity contribution >= 4 is 22.5 Å². The molecule has 100 valence electrons. The largest absolute Gasteiger partial charge is 0.227 e. The Hall–Kier alpha value is -2.00. The minimum Gasteiger partial charge on any atom is -0.227 e. The van der Waals surface area contributed by atoms with E-state index in [0.717, 1.165) is 16.7 Å². The van der Waals surface area contributed by atoms with Gasteiger partial charge in [0.15, 0.2) is 5.82 Å². The first-order chi connectivity index (χ1) is 9.58. The maximum Gasteiger partial charge on any atom is 0.161 e. The number of aryl methyl sites for hydroxylation is 2. The van der Waals surface area contributed by atoms with Crippen LogP contribution in [0.5, 0.6) is 0 Å². The van der Waals surface area contributed by atoms with E-state index in [2.05, 4.69) is 9.97 Å². The molecule has 0 saturated heterocycles. The first-order valence-corrected chi connectivity index (χ1v) is 6.64. The molecule has 0 saturated carbocycles. The molecule has 2 aromatic carbocycles. The van der Waals surface area contributed by atoms with Crippen LogP contribution in [0.3, 0.4) is 0 Å². The molecule has 0 amide bonds. The molecule has 0 fully saturated rings. The van der Waals surface area contributed by atoms with Crippen molar-refractivity contribution in [3.05, 3.63) is 58.5 Å². The summed E-state index contributed by atoms with van der Waals surface area (Å²) < 4.78 is 13.9. The van der Waals surface area contributed by atoms with Crippen molar-refractivity contribution in [2.24, 2.45) is 0 Å². The van der Waals surface area contributed by atoms with Crippen molar-refractivity contribution < 1.29 is 4.39 Å². The van der Waals surface area contributed by atoms with Crippen molar-refractivity contribution in [2.75, 3.05) is 0 Å². The van der Waals surface area contributed by atoms with Gasteiger partial charge in [-0.1, -0.05) is 41.9 Å². The van der Waals surface area contributed by atoms with Crippen molar-refractivity contribution in [3.8, 4) is 11.4 Å². The number of nitrogens with zero attached hydrogens (tertiary/aromatic N) is 2. The second-order valence-electron chi connectivity index (χ2n) is 4.74. The molecular formula is C16H12ClFN2. The summed E-state index contributed by atoms with van der Waals surface area (Å²) in [6.45, 7) is 3.86. The zero-order valence-electron chi connectivity index (χ0n) is 11.1. The highest BCUT2D eigenvalue weighted by molar-refractivity contribution is 6.34. The van der Waals surface area contributed by atoms with Gasteiger partial charge in [-0.25, -0.2) is 14.4 Å². The average Bonchev–Trinajstić information content (AvgIpc) is 2.43. The molecule has 20 heavy (non-hydrogen) atoms. The Kier molecular flexibility index (Phi) is 3.14. The van der Waals surface area contributed by atoms with Crippen LogP contribution in [0.2, 0.25) is 5.15 Å². The van der Waals surface area contributed by atoms with Gasteiger partial charge < -0.3 is 0 Å². The van der Waals surface area contributed by atoms with Crippen LogP contribution in [0, 0.1) is 19.7 Å². The van der Waals surface area contributed by atoms with Gasteiger partial charge in [-0.15, -0.1) is 0 Å². The molecule has 0 aliphatic rings. The number of hydrogen-bond donors (Lipinski definition) is 0. The van der Waals surface area contributed by atoms with Crippen LogP contribution in [-0.2, 0) is 0 Å². The third-order valence-electron chi connectivity index (χ3n) is 3.34. The molecule has 3 aromatic rings. The molecule has 0 atom stereocenters. The molecule has 0 aliphatic heterocycles. The summed E-state index contributed by atoms with van der Waals surface area (Å²) in [7, 11) is 0. The normalized spacial score (nSPS) is 11.0. The molecule has 2 nitrogen and oxygen atoms in total. The maximum atomic E-state index is 13.9. The van der Waals surface area contributed by atoms with Crippen molar-refractivity contribution in [1.29, 1.82) is 0 Å². The summed E-state index contributed by atoms with van der Waals surface area (Å²) in [5, 5.41) is 0.429. The molecule has 3 rings (SSSR count). The van der Waals surface area contributed by atoms with Gasteiger partial charge in [0.1, 0.15) is 11.0 Å². The fourth-order valence-electron chi connectivity index (χ4n) is 2.24. The third kappa shape index (κ3) is 2.04. The standard InChI is InChI=1S/C16H12ClFN2/c1-9-5-3-4-6-11(9)16-19-14-10(2)7-8-12(18)13(14)15(17)20-16/h3-8H,1-2H3. The van der Waals surface area contributed by atoms with E-state index in [1.165, 1.54) is 6.07 Å². The molecule has 0 radical (unpaired) electrons. The summed E-state index contributed by atoms with van der Waals surface area (Å²) in [4.78, 5) is 8.74. The summed E-state index contributed by atoms with van der Waals surface area (Å²) >= 11 is 6.15. The Labute approximate surface area is 121 Å². The topological polar surface area (TPSA) is 25.8 Å². The Morgan fingerprint density at radius 2 is 1.70 bits per heavy atom. The molecule has 1 heterocycles. The highest BCUT2D eigenvalue weighted by Crippen LogP contribution is 2.29. The highest BCUT2D eigenvalue weighted by atomic mass is 35.5. The Morgan fingerprint density at radius 1 is 0.950 bits per heavy atom. The fourth-order valence-corrected chi connectivity index (χ4v) is 2.49. The Bertz CT molecular complexity index is 815. The molecule has 0 bridgehead atoms. The van der Waals surface area contributed by atoms with Gasteiger partial charge in [0.25, 0.3) is 0 Å². The number of rotatable bonds is 1. The van der Waals surface area contributed by atoms with Crippen LogP contribution in [0.4, 0.5) is 4.39 Å². The minimum absolute atomic E-state index is 0.148. The smallest absolute Gasteiger partial charge is 0.161 e. The summed E-state index contributed by atoms with van der Waals surface area (Å²) in [5.74, 6) is 0.126. The number of benzene rings is 2. The van der Waals surface area contributed by atoms with Gasteiger partial charge in [-0.2, -0.15) is 0 Å². The highest BCUT2D eigenvalue weighted by Gasteiger charge is 2.14. The van der Waals surface area contributed by atoms with Gasteiger partial charge in [0, 0.05) is 5.56 Å². The van der Waals surface area contributed by atoms with E-state index in [1.54, 1.807) is 6.07 Å². The van der Waals surface area contributed by atoms with E-state index in [-0.39, 0.29) is 10.5 Å². The molecule has 4 heteroatoms. The van der Waals surface area contributed by atoms with Crippen LogP contribution in [0.1, 0.15) is 11.1 Å². The van der Waals surface area contributed by atoms with Crippen LogP contribution in [-0.4, -0.2) is 9.97 Å². The number of aromatic nitrogens is 2. The van der Waals surface area contributed by atoms with E-state index >= 15 is 0 Å². The van der Waals surface area contributed by atoms with Gasteiger partial charge in [0.2, 0.25) is 0 Å². The van der Waals surface area contributed by atoms with Gasteiger partial charge >= 0.3 is 0 Å². The molecule has 0 aliphatic carbocycles. The van der Waals surface area contributed by atoms with Crippen molar-refractivity contribution in [3.63, 3.8) is 0 Å². The minimum atomic E-state index is -0.396. The summed E-state index contributed by atoms with van der Waals surface area (Å²) in [6.07, 6.45) is 0. The lowest BCUT2D eigenvalue weighted by atomic mass is 10.1. The molecule has 1 aromatic heterocycles. The SMILES string of the molecule is Cc1ccccc1-c1nc(Cl)c2c(F)ccc(C)c2n1. The van der Waals surface area contributed by atoms with E-state index < -0.39 is 5.82 Å². The first kappa shape index (κ1) is 13.0. The summed E-state index contributed by atoms with van der Waals surface area (Å²) in [6, 6.07) is 10.9. The molecular weight excluding hydrogens is 275 g/mol. The maximum absolute atomic E-state index is 13.9. The number of halogens is 2. The second kappa shape index (κ2) is 4.84. The van der Waals surface area contributed by atoms with E-state index in [9.17, 15) is 4.39 Å². The van der Waals surface area contributed by atoms with E-state index in [0.29, 0.717) is 11.3 Å². The zero-order valence-corrected chi connectivity index (χ0v) is 11.9. The van der Waals surface area contributed by atoms with Gasteiger partial charge in [-0.05, 0) is 31.0 Å². The summed E-state index contributed by atoms with van der Waals surface area (Å²) in [5.41, 5.74) is 3.39. The molecule has 0 N–H and O–H groups in total. The lowest BCUT2D eigenvalue weighted by Crippen LogP contribution is -1.97. The molecule has 0 unspecified atom stereocenters.